The van der Waals surface area contributed by atoms with Gasteiger partial charge in [-0.1, -0.05) is 12.1 Å². The van der Waals surface area contributed by atoms with E-state index in [1.807, 2.05) is 19.2 Å². The van der Waals surface area contributed by atoms with Gasteiger partial charge >= 0.3 is 5.97 Å². The largest absolute Gasteiger partial charge is 0.481 e. The minimum atomic E-state index is -0.708. The zero-order valence-corrected chi connectivity index (χ0v) is 8.99. The second-order valence-electron chi connectivity index (χ2n) is 3.55. The Kier molecular flexibility index (Phi) is 4.68. The highest BCUT2D eigenvalue weighted by atomic mass is 16.4. The van der Waals surface area contributed by atoms with E-state index in [2.05, 4.69) is 17.4 Å². The van der Waals surface area contributed by atoms with Gasteiger partial charge in [0.2, 0.25) is 0 Å². The minimum absolute atomic E-state index is 0.272. The molecular weight excluding hydrogens is 190 g/mol. The smallest absolute Gasteiger partial charge is 0.303 e. The van der Waals surface area contributed by atoms with Crippen LogP contribution in [0, 0.1) is 0 Å². The van der Waals surface area contributed by atoms with E-state index in [0.29, 0.717) is 0 Å². The van der Waals surface area contributed by atoms with Crippen LogP contribution in [0.25, 0.3) is 0 Å². The van der Waals surface area contributed by atoms with Crippen molar-refractivity contribution in [3.8, 4) is 0 Å². The van der Waals surface area contributed by atoms with Crippen molar-refractivity contribution in [2.24, 2.45) is 0 Å². The standard InChI is InChI=1S/C12H17NO2/c1-13-11-8-6-10(7-9-11)4-2-3-5-12(14)15/h6-9,13H,2-5H2,1H3,(H,14,15). The fourth-order valence-corrected chi connectivity index (χ4v) is 1.44. The van der Waals surface area contributed by atoms with Crippen LogP contribution < -0.4 is 5.32 Å². The van der Waals surface area contributed by atoms with E-state index in [-0.39, 0.29) is 6.42 Å². The molecule has 3 nitrogen and oxygen atoms in total. The summed E-state index contributed by atoms with van der Waals surface area (Å²) in [4.78, 5) is 10.3. The molecule has 0 radical (unpaired) electrons. The predicted octanol–water partition coefficient (Wildman–Crippen LogP) is 2.53. The summed E-state index contributed by atoms with van der Waals surface area (Å²) in [7, 11) is 1.89. The Morgan fingerprint density at radius 2 is 1.93 bits per heavy atom. The van der Waals surface area contributed by atoms with Crippen molar-refractivity contribution in [1.29, 1.82) is 0 Å². The number of aryl methyl sites for hydroxylation is 1. The van der Waals surface area contributed by atoms with Crippen LogP contribution in [-0.4, -0.2) is 18.1 Å². The Bertz CT molecular complexity index is 306. The van der Waals surface area contributed by atoms with Crippen molar-refractivity contribution in [3.05, 3.63) is 29.8 Å². The van der Waals surface area contributed by atoms with Crippen molar-refractivity contribution in [2.45, 2.75) is 25.7 Å². The van der Waals surface area contributed by atoms with Crippen molar-refractivity contribution < 1.29 is 9.90 Å². The summed E-state index contributed by atoms with van der Waals surface area (Å²) in [5.41, 5.74) is 2.36. The number of benzene rings is 1. The lowest BCUT2D eigenvalue weighted by Gasteiger charge is -2.03. The van der Waals surface area contributed by atoms with Gasteiger partial charge in [0, 0.05) is 19.2 Å². The first kappa shape index (κ1) is 11.6. The normalized spacial score (nSPS) is 9.93. The van der Waals surface area contributed by atoms with Gasteiger partial charge in [0.05, 0.1) is 0 Å². The maximum absolute atomic E-state index is 10.3. The number of nitrogens with one attached hydrogen (secondary N) is 1. The van der Waals surface area contributed by atoms with Gasteiger partial charge in [-0.25, -0.2) is 0 Å². The zero-order chi connectivity index (χ0) is 11.1. The summed E-state index contributed by atoms with van der Waals surface area (Å²) < 4.78 is 0. The van der Waals surface area contributed by atoms with E-state index < -0.39 is 5.97 Å². The lowest BCUT2D eigenvalue weighted by molar-refractivity contribution is -0.137. The Hall–Kier alpha value is -1.51. The predicted molar refractivity (Wildman–Crippen MR) is 61.2 cm³/mol. The third kappa shape index (κ3) is 4.49. The summed E-state index contributed by atoms with van der Waals surface area (Å²) in [6.45, 7) is 0. The Balaban J connectivity index is 2.28. The summed E-state index contributed by atoms with van der Waals surface area (Å²) in [5.74, 6) is -0.708. The number of carbonyl (C=O) groups is 1. The van der Waals surface area contributed by atoms with Gasteiger partial charge in [-0.05, 0) is 37.0 Å². The molecule has 0 amide bonds. The van der Waals surface area contributed by atoms with E-state index >= 15 is 0 Å². The minimum Gasteiger partial charge on any atom is -0.481 e. The lowest BCUT2D eigenvalue weighted by atomic mass is 10.1. The van der Waals surface area contributed by atoms with Gasteiger partial charge in [-0.15, -0.1) is 0 Å². The molecule has 0 bridgehead atoms. The fourth-order valence-electron chi connectivity index (χ4n) is 1.44. The average Bonchev–Trinajstić information content (AvgIpc) is 2.25. The average molecular weight is 207 g/mol. The molecule has 1 aromatic carbocycles. The third-order valence-corrected chi connectivity index (χ3v) is 2.35. The van der Waals surface area contributed by atoms with Crippen LogP contribution in [0.3, 0.4) is 0 Å². The Labute approximate surface area is 90.1 Å². The quantitative estimate of drug-likeness (QED) is 0.705. The molecule has 0 saturated heterocycles. The second kappa shape index (κ2) is 6.06. The number of aliphatic carboxylic acids is 1. The third-order valence-electron chi connectivity index (χ3n) is 2.35. The number of carboxylic acid groups (broad SMARTS) is 1. The van der Waals surface area contributed by atoms with Crippen molar-refractivity contribution >= 4 is 11.7 Å². The van der Waals surface area contributed by atoms with Crippen LogP contribution in [0.15, 0.2) is 24.3 Å². The van der Waals surface area contributed by atoms with Crippen molar-refractivity contribution in [2.75, 3.05) is 12.4 Å². The molecule has 0 aliphatic carbocycles. The van der Waals surface area contributed by atoms with Gasteiger partial charge in [-0.2, -0.15) is 0 Å². The molecule has 0 aliphatic heterocycles. The highest BCUT2D eigenvalue weighted by Crippen LogP contribution is 2.11. The van der Waals surface area contributed by atoms with E-state index in [1.165, 1.54) is 5.56 Å². The lowest BCUT2D eigenvalue weighted by Crippen LogP contribution is -1.95. The molecule has 0 spiro atoms. The van der Waals surface area contributed by atoms with Gasteiger partial charge < -0.3 is 10.4 Å². The number of hydrogen-bond donors (Lipinski definition) is 2. The van der Waals surface area contributed by atoms with E-state index in [4.69, 9.17) is 5.11 Å². The molecule has 15 heavy (non-hydrogen) atoms. The van der Waals surface area contributed by atoms with Crippen LogP contribution in [-0.2, 0) is 11.2 Å². The number of hydrogen-bond acceptors (Lipinski definition) is 2. The van der Waals surface area contributed by atoms with Crippen molar-refractivity contribution in [3.63, 3.8) is 0 Å². The Morgan fingerprint density at radius 1 is 1.27 bits per heavy atom. The fraction of sp³-hybridized carbons (Fsp3) is 0.417. The number of rotatable bonds is 6. The highest BCUT2D eigenvalue weighted by Gasteiger charge is 1.97. The molecule has 0 fully saturated rings. The molecule has 0 heterocycles. The molecule has 82 valence electrons. The van der Waals surface area contributed by atoms with Gasteiger partial charge in [0.1, 0.15) is 0 Å². The molecule has 3 heteroatoms. The summed E-state index contributed by atoms with van der Waals surface area (Å²) >= 11 is 0. The van der Waals surface area contributed by atoms with Gasteiger partial charge in [0.15, 0.2) is 0 Å². The topological polar surface area (TPSA) is 49.3 Å². The van der Waals surface area contributed by atoms with Gasteiger partial charge in [-0.3, -0.25) is 4.79 Å². The first-order chi connectivity index (χ1) is 7.22. The van der Waals surface area contributed by atoms with E-state index in [9.17, 15) is 4.79 Å². The van der Waals surface area contributed by atoms with Crippen LogP contribution >= 0.6 is 0 Å². The van der Waals surface area contributed by atoms with Crippen molar-refractivity contribution in [1.82, 2.24) is 0 Å². The molecule has 0 unspecified atom stereocenters. The first-order valence-electron chi connectivity index (χ1n) is 5.21. The van der Waals surface area contributed by atoms with Crippen LogP contribution in [0.2, 0.25) is 0 Å². The van der Waals surface area contributed by atoms with E-state index in [1.54, 1.807) is 0 Å². The van der Waals surface area contributed by atoms with Crippen LogP contribution in [0.4, 0.5) is 5.69 Å². The summed E-state index contributed by atoms with van der Waals surface area (Å²) in [5, 5.41) is 11.5. The SMILES string of the molecule is CNc1ccc(CCCCC(=O)O)cc1. The number of anilines is 1. The number of carboxylic acids is 1. The summed E-state index contributed by atoms with van der Waals surface area (Å²) in [6.07, 6.45) is 2.92. The van der Waals surface area contributed by atoms with Gasteiger partial charge in [0.25, 0.3) is 0 Å². The Morgan fingerprint density at radius 3 is 2.47 bits per heavy atom. The molecule has 0 atom stereocenters. The molecule has 2 N–H and O–H groups in total. The number of unbranched alkanes of at least 4 members (excludes halogenated alkanes) is 1. The monoisotopic (exact) mass is 207 g/mol. The highest BCUT2D eigenvalue weighted by molar-refractivity contribution is 5.66. The van der Waals surface area contributed by atoms with Crippen LogP contribution in [0.5, 0.6) is 0 Å². The molecule has 0 aromatic heterocycles. The van der Waals surface area contributed by atoms with Crippen LogP contribution in [0.1, 0.15) is 24.8 Å². The maximum Gasteiger partial charge on any atom is 0.303 e. The molecule has 1 aromatic rings. The molecule has 0 aliphatic rings. The molecule has 0 saturated carbocycles. The first-order valence-corrected chi connectivity index (χ1v) is 5.21. The maximum atomic E-state index is 10.3. The zero-order valence-electron chi connectivity index (χ0n) is 8.99. The summed E-state index contributed by atoms with van der Waals surface area (Å²) in [6, 6.07) is 8.22. The second-order valence-corrected chi connectivity index (χ2v) is 3.55. The van der Waals surface area contributed by atoms with E-state index in [0.717, 1.165) is 24.9 Å². The molecular formula is C12H17NO2. The molecule has 1 rings (SSSR count).